The van der Waals surface area contributed by atoms with Gasteiger partial charge in [0.2, 0.25) is 5.91 Å². The Balaban J connectivity index is 1.52. The van der Waals surface area contributed by atoms with Crippen LogP contribution in [0.5, 0.6) is 5.75 Å². The van der Waals surface area contributed by atoms with E-state index in [0.717, 1.165) is 23.4 Å². The molecule has 3 rings (SSSR count). The van der Waals surface area contributed by atoms with E-state index in [1.807, 2.05) is 24.3 Å². The number of carbonyl (C=O) groups is 3. The summed E-state index contributed by atoms with van der Waals surface area (Å²) >= 11 is 0. The fourth-order valence-electron chi connectivity index (χ4n) is 3.46. The maximum atomic E-state index is 13.9. The average molecular weight is 497 g/mol. The number of halogens is 2. The third-order valence-electron chi connectivity index (χ3n) is 5.36. The van der Waals surface area contributed by atoms with Crippen molar-refractivity contribution >= 4 is 23.5 Å². The molecular formula is C27H26F2N2O5. The number of ether oxygens (including phenoxy) is 2. The Morgan fingerprint density at radius 1 is 0.944 bits per heavy atom. The molecule has 0 spiro atoms. The highest BCUT2D eigenvalue weighted by Gasteiger charge is 2.18. The summed E-state index contributed by atoms with van der Waals surface area (Å²) in [7, 11) is 1.58. The van der Waals surface area contributed by atoms with E-state index in [-0.39, 0.29) is 29.1 Å². The largest absolute Gasteiger partial charge is 0.497 e. The van der Waals surface area contributed by atoms with Gasteiger partial charge in [0.1, 0.15) is 17.4 Å². The fraction of sp³-hybridized carbons (Fsp3) is 0.222. The summed E-state index contributed by atoms with van der Waals surface area (Å²) in [5.41, 5.74) is 1.39. The van der Waals surface area contributed by atoms with Crippen LogP contribution in [0.15, 0.2) is 66.7 Å². The summed E-state index contributed by atoms with van der Waals surface area (Å²) in [5.74, 6) is -2.57. The van der Waals surface area contributed by atoms with E-state index in [2.05, 4.69) is 10.6 Å². The van der Waals surface area contributed by atoms with Crippen LogP contribution in [0.2, 0.25) is 0 Å². The van der Waals surface area contributed by atoms with Gasteiger partial charge >= 0.3 is 5.97 Å². The van der Waals surface area contributed by atoms with Gasteiger partial charge in [0.05, 0.1) is 24.4 Å². The van der Waals surface area contributed by atoms with Crippen LogP contribution >= 0.6 is 0 Å². The lowest BCUT2D eigenvalue weighted by atomic mass is 10.1. The molecule has 7 nitrogen and oxygen atoms in total. The molecule has 0 aromatic heterocycles. The second kappa shape index (κ2) is 12.4. The number of aryl methyl sites for hydroxylation is 1. The van der Waals surface area contributed by atoms with Crippen LogP contribution < -0.4 is 15.4 Å². The van der Waals surface area contributed by atoms with Gasteiger partial charge in [-0.1, -0.05) is 30.3 Å². The minimum absolute atomic E-state index is 0.0840. The van der Waals surface area contributed by atoms with Gasteiger partial charge in [-0.15, -0.1) is 0 Å². The second-order valence-electron chi connectivity index (χ2n) is 7.97. The summed E-state index contributed by atoms with van der Waals surface area (Å²) in [6, 6.07) is 15.9. The van der Waals surface area contributed by atoms with Gasteiger partial charge < -0.3 is 20.1 Å². The van der Waals surface area contributed by atoms with Gasteiger partial charge in [0, 0.05) is 18.1 Å². The quantitative estimate of drug-likeness (QED) is 0.401. The molecule has 0 radical (unpaired) electrons. The molecule has 188 valence electrons. The highest BCUT2D eigenvalue weighted by molar-refractivity contribution is 6.01. The molecule has 0 saturated heterocycles. The monoisotopic (exact) mass is 496 g/mol. The topological polar surface area (TPSA) is 93.7 Å². The van der Waals surface area contributed by atoms with E-state index < -0.39 is 36.2 Å². The maximum absolute atomic E-state index is 13.9. The van der Waals surface area contributed by atoms with Crippen molar-refractivity contribution in [3.8, 4) is 5.75 Å². The molecule has 0 aliphatic carbocycles. The third kappa shape index (κ3) is 7.36. The number of amides is 2. The van der Waals surface area contributed by atoms with Gasteiger partial charge in [-0.25, -0.2) is 13.6 Å². The Labute approximate surface area is 207 Å². The van der Waals surface area contributed by atoms with E-state index in [4.69, 9.17) is 9.47 Å². The third-order valence-corrected chi connectivity index (χ3v) is 5.36. The molecule has 0 saturated carbocycles. The number of hydrogen-bond acceptors (Lipinski definition) is 5. The minimum Gasteiger partial charge on any atom is -0.497 e. The Hall–Kier alpha value is -4.27. The molecule has 3 aromatic rings. The highest BCUT2D eigenvalue weighted by atomic mass is 19.1. The first-order chi connectivity index (χ1) is 17.3. The molecule has 3 aromatic carbocycles. The van der Waals surface area contributed by atoms with Crippen molar-refractivity contribution in [2.24, 2.45) is 0 Å². The predicted molar refractivity (Wildman–Crippen MR) is 130 cm³/mol. The molecule has 1 atom stereocenters. The Morgan fingerprint density at radius 3 is 2.36 bits per heavy atom. The highest BCUT2D eigenvalue weighted by Crippen LogP contribution is 2.19. The molecule has 0 heterocycles. The molecule has 0 fully saturated rings. The minimum atomic E-state index is -0.808. The van der Waals surface area contributed by atoms with Crippen molar-refractivity contribution in [2.75, 3.05) is 19.0 Å². The van der Waals surface area contributed by atoms with Crippen molar-refractivity contribution < 1.29 is 32.6 Å². The van der Waals surface area contributed by atoms with Crippen molar-refractivity contribution in [3.63, 3.8) is 0 Å². The first kappa shape index (κ1) is 26.3. The van der Waals surface area contributed by atoms with Crippen molar-refractivity contribution in [3.05, 3.63) is 95.1 Å². The van der Waals surface area contributed by atoms with Gasteiger partial charge in [0.25, 0.3) is 5.91 Å². The van der Waals surface area contributed by atoms with E-state index in [0.29, 0.717) is 6.42 Å². The summed E-state index contributed by atoms with van der Waals surface area (Å²) in [5, 5.41) is 5.19. The summed E-state index contributed by atoms with van der Waals surface area (Å²) < 4.78 is 37.2. The number of benzene rings is 3. The number of methoxy groups -OCH3 is 1. The van der Waals surface area contributed by atoms with E-state index in [1.54, 1.807) is 25.3 Å². The molecule has 0 unspecified atom stereocenters. The smallest absolute Gasteiger partial charge is 0.340 e. The lowest BCUT2D eigenvalue weighted by Crippen LogP contribution is -2.31. The van der Waals surface area contributed by atoms with Crippen LogP contribution in [0.4, 0.5) is 14.5 Å². The summed E-state index contributed by atoms with van der Waals surface area (Å²) in [6.45, 7) is 0.901. The number of para-hydroxylation sites is 1. The maximum Gasteiger partial charge on any atom is 0.340 e. The van der Waals surface area contributed by atoms with Crippen molar-refractivity contribution in [1.29, 1.82) is 0 Å². The fourth-order valence-corrected chi connectivity index (χ4v) is 3.46. The van der Waals surface area contributed by atoms with Crippen LogP contribution in [0.3, 0.4) is 0 Å². The summed E-state index contributed by atoms with van der Waals surface area (Å²) in [4.78, 5) is 37.2. The first-order valence-corrected chi connectivity index (χ1v) is 11.2. The van der Waals surface area contributed by atoms with Gasteiger partial charge in [-0.05, 0) is 49.2 Å². The van der Waals surface area contributed by atoms with E-state index in [1.165, 1.54) is 19.1 Å². The molecule has 2 amide bonds. The number of anilines is 1. The van der Waals surface area contributed by atoms with Gasteiger partial charge in [-0.2, -0.15) is 0 Å². The number of hydrogen-bond donors (Lipinski definition) is 2. The normalized spacial score (nSPS) is 11.3. The van der Waals surface area contributed by atoms with Gasteiger partial charge in [0.15, 0.2) is 6.61 Å². The number of esters is 1. The van der Waals surface area contributed by atoms with E-state index >= 15 is 0 Å². The Bertz CT molecular complexity index is 1230. The molecule has 2 N–H and O–H groups in total. The van der Waals surface area contributed by atoms with Gasteiger partial charge in [-0.3, -0.25) is 9.59 Å². The number of rotatable bonds is 10. The van der Waals surface area contributed by atoms with Crippen LogP contribution in [0.1, 0.15) is 40.9 Å². The predicted octanol–water partition coefficient (Wildman–Crippen LogP) is 4.58. The van der Waals surface area contributed by atoms with Crippen LogP contribution in [-0.4, -0.2) is 31.5 Å². The zero-order chi connectivity index (χ0) is 26.1. The zero-order valence-electron chi connectivity index (χ0n) is 19.8. The summed E-state index contributed by atoms with van der Waals surface area (Å²) in [6.07, 6.45) is 0.686. The lowest BCUT2D eigenvalue weighted by Gasteiger charge is -2.15. The second-order valence-corrected chi connectivity index (χ2v) is 7.97. The molecule has 0 bridgehead atoms. The lowest BCUT2D eigenvalue weighted by molar-refractivity contribution is -0.125. The Kier molecular flexibility index (Phi) is 9.10. The molecule has 36 heavy (non-hydrogen) atoms. The SMILES string of the molecule is COc1ccc(CCC(=O)Nc2ccccc2C(=O)OCC(=O)N[C@@H](C)c2ccc(F)cc2F)cc1. The van der Waals surface area contributed by atoms with Crippen LogP contribution in [0, 0.1) is 11.6 Å². The average Bonchev–Trinajstić information content (AvgIpc) is 2.86. The number of carbonyl (C=O) groups excluding carboxylic acids is 3. The van der Waals surface area contributed by atoms with Crippen LogP contribution in [-0.2, 0) is 20.7 Å². The van der Waals surface area contributed by atoms with Crippen molar-refractivity contribution in [1.82, 2.24) is 5.32 Å². The number of nitrogens with one attached hydrogen (secondary N) is 2. The Morgan fingerprint density at radius 2 is 1.67 bits per heavy atom. The molecule has 0 aliphatic rings. The van der Waals surface area contributed by atoms with Crippen molar-refractivity contribution in [2.45, 2.75) is 25.8 Å². The standard InChI is InChI=1S/C27H26F2N2O5/c1-17(21-13-10-19(28)15-23(21)29)30-26(33)16-36-27(34)22-5-3-4-6-24(22)31-25(32)14-9-18-7-11-20(35-2)12-8-18/h3-8,10-13,15,17H,9,14,16H2,1-2H3,(H,30,33)(H,31,32)/t17-/m0/s1. The first-order valence-electron chi connectivity index (χ1n) is 11.2. The molecule has 9 heteroatoms. The van der Waals surface area contributed by atoms with Crippen LogP contribution in [0.25, 0.3) is 0 Å². The molecule has 0 aliphatic heterocycles. The zero-order valence-corrected chi connectivity index (χ0v) is 19.8. The molecular weight excluding hydrogens is 470 g/mol. The van der Waals surface area contributed by atoms with E-state index in [9.17, 15) is 23.2 Å².